The quantitative estimate of drug-likeness (QED) is 0.505. The lowest BCUT2D eigenvalue weighted by atomic mass is 10.3. The van der Waals surface area contributed by atoms with E-state index in [1.165, 1.54) is 0 Å². The second-order valence-electron chi connectivity index (χ2n) is 3.06. The van der Waals surface area contributed by atoms with Gasteiger partial charge >= 0.3 is 0 Å². The molecule has 0 rings (SSSR count). The van der Waals surface area contributed by atoms with Crippen LogP contribution in [0.25, 0.3) is 0 Å². The average molecular weight is 224 g/mol. The molecule has 0 aliphatic rings. The third kappa shape index (κ3) is 5.95. The Labute approximate surface area is 84.9 Å². The summed E-state index contributed by atoms with van der Waals surface area (Å²) in [6, 6.07) is 0. The zero-order chi connectivity index (χ0) is 10.5. The highest BCUT2D eigenvalue weighted by molar-refractivity contribution is 7.90. The van der Waals surface area contributed by atoms with Gasteiger partial charge in [0, 0.05) is 6.54 Å². The average Bonchev–Trinajstić information content (AvgIpc) is 1.97. The highest BCUT2D eigenvalue weighted by Gasteiger charge is 2.13. The monoisotopic (exact) mass is 224 g/mol. The lowest BCUT2D eigenvalue weighted by Gasteiger charge is -2.08. The molecule has 3 N–H and O–H groups in total. The van der Waals surface area contributed by atoms with E-state index in [2.05, 4.69) is 16.9 Å². The van der Waals surface area contributed by atoms with Gasteiger partial charge in [-0.25, -0.2) is 13.1 Å². The molecule has 0 bridgehead atoms. The second kappa shape index (κ2) is 5.51. The number of rotatable bonds is 6. The lowest BCUT2D eigenvalue weighted by molar-refractivity contribution is 0.571. The van der Waals surface area contributed by atoms with Gasteiger partial charge in [0.05, 0.1) is 10.2 Å². The van der Waals surface area contributed by atoms with Crippen LogP contribution in [-0.2, 0) is 10.0 Å². The first-order valence-corrected chi connectivity index (χ1v) is 6.08. The summed E-state index contributed by atoms with van der Waals surface area (Å²) in [7, 11) is -3.13. The number of thiocarbonyl (C=S) groups is 1. The van der Waals surface area contributed by atoms with E-state index in [1.807, 2.05) is 0 Å². The van der Waals surface area contributed by atoms with Gasteiger partial charge in [-0.2, -0.15) is 0 Å². The third-order valence-electron chi connectivity index (χ3n) is 1.52. The van der Waals surface area contributed by atoms with Gasteiger partial charge in [-0.15, -0.1) is 0 Å². The molecule has 0 heterocycles. The van der Waals surface area contributed by atoms with Gasteiger partial charge in [0.15, 0.2) is 0 Å². The van der Waals surface area contributed by atoms with E-state index in [0.29, 0.717) is 24.4 Å². The Balaban J connectivity index is 3.72. The minimum absolute atomic E-state index is 0.391. The lowest BCUT2D eigenvalue weighted by Crippen LogP contribution is -2.31. The van der Waals surface area contributed by atoms with E-state index in [0.717, 1.165) is 0 Å². The number of sulfonamides is 1. The fourth-order valence-electron chi connectivity index (χ4n) is 0.644. The Hall–Kier alpha value is -0.200. The summed E-state index contributed by atoms with van der Waals surface area (Å²) in [6.45, 7) is 3.67. The molecule has 0 unspecified atom stereocenters. The predicted octanol–water partition coefficient (Wildman–Crippen LogP) is 0.380. The molecule has 0 radical (unpaired) electrons. The number of nitrogens with one attached hydrogen (secondary N) is 1. The molecule has 0 fully saturated rings. The molecule has 6 heteroatoms. The van der Waals surface area contributed by atoms with E-state index in [1.54, 1.807) is 13.8 Å². The SMILES string of the molecule is CC(C)S(=O)(=O)NCCCC(N)=S. The van der Waals surface area contributed by atoms with Crippen LogP contribution in [0, 0.1) is 0 Å². The van der Waals surface area contributed by atoms with Crippen LogP contribution in [-0.4, -0.2) is 25.2 Å². The molecule has 0 spiro atoms. The van der Waals surface area contributed by atoms with Crippen molar-refractivity contribution in [2.24, 2.45) is 5.73 Å². The molecule has 0 saturated carbocycles. The van der Waals surface area contributed by atoms with E-state index in [-0.39, 0.29) is 0 Å². The molecule has 0 amide bonds. The highest BCUT2D eigenvalue weighted by atomic mass is 32.2. The van der Waals surface area contributed by atoms with Crippen molar-refractivity contribution < 1.29 is 8.42 Å². The molecular weight excluding hydrogens is 208 g/mol. The van der Waals surface area contributed by atoms with Gasteiger partial charge < -0.3 is 5.73 Å². The van der Waals surface area contributed by atoms with Crippen molar-refractivity contribution in [3.8, 4) is 0 Å². The van der Waals surface area contributed by atoms with Gasteiger partial charge in [-0.05, 0) is 26.7 Å². The van der Waals surface area contributed by atoms with Crippen molar-refractivity contribution in [3.05, 3.63) is 0 Å². The zero-order valence-electron chi connectivity index (χ0n) is 7.91. The minimum atomic E-state index is -3.13. The first-order valence-electron chi connectivity index (χ1n) is 4.13. The van der Waals surface area contributed by atoms with Crippen molar-refractivity contribution in [3.63, 3.8) is 0 Å². The molecule has 0 saturated heterocycles. The summed E-state index contributed by atoms with van der Waals surface area (Å²) in [5, 5.41) is -0.391. The Morgan fingerprint density at radius 1 is 1.54 bits per heavy atom. The Kier molecular flexibility index (Phi) is 5.43. The van der Waals surface area contributed by atoms with Crippen molar-refractivity contribution in [1.82, 2.24) is 4.72 Å². The summed E-state index contributed by atoms with van der Waals surface area (Å²) >= 11 is 4.65. The van der Waals surface area contributed by atoms with Crippen LogP contribution in [0.15, 0.2) is 0 Å². The molecular formula is C7H16N2O2S2. The van der Waals surface area contributed by atoms with E-state index in [4.69, 9.17) is 5.73 Å². The van der Waals surface area contributed by atoms with Gasteiger partial charge in [0.1, 0.15) is 0 Å². The largest absolute Gasteiger partial charge is 0.393 e. The fourth-order valence-corrected chi connectivity index (χ4v) is 1.55. The van der Waals surface area contributed by atoms with Gasteiger partial charge in [-0.1, -0.05) is 12.2 Å². The maximum absolute atomic E-state index is 11.2. The zero-order valence-corrected chi connectivity index (χ0v) is 9.54. The molecule has 0 aromatic rings. The summed E-state index contributed by atoms with van der Waals surface area (Å²) < 4.78 is 24.9. The van der Waals surface area contributed by atoms with Gasteiger partial charge in [0.25, 0.3) is 0 Å². The van der Waals surface area contributed by atoms with Crippen LogP contribution in [0.4, 0.5) is 0 Å². The second-order valence-corrected chi connectivity index (χ2v) is 5.90. The maximum Gasteiger partial charge on any atom is 0.213 e. The molecule has 0 aromatic heterocycles. The van der Waals surface area contributed by atoms with Crippen LogP contribution >= 0.6 is 12.2 Å². The minimum Gasteiger partial charge on any atom is -0.393 e. The third-order valence-corrected chi connectivity index (χ3v) is 3.58. The molecule has 13 heavy (non-hydrogen) atoms. The Bertz CT molecular complexity index is 260. The van der Waals surface area contributed by atoms with Gasteiger partial charge in [0.2, 0.25) is 10.0 Å². The van der Waals surface area contributed by atoms with Crippen LogP contribution < -0.4 is 10.5 Å². The standard InChI is InChI=1S/C7H16N2O2S2/c1-6(2)13(10,11)9-5-3-4-7(8)12/h6,9H,3-5H2,1-2H3,(H2,8,12). The van der Waals surface area contributed by atoms with Gasteiger partial charge in [-0.3, -0.25) is 0 Å². The summed E-state index contributed by atoms with van der Waals surface area (Å²) in [6.07, 6.45) is 1.23. The van der Waals surface area contributed by atoms with Crippen LogP contribution in [0.5, 0.6) is 0 Å². The van der Waals surface area contributed by atoms with Crippen LogP contribution in [0.3, 0.4) is 0 Å². The molecule has 78 valence electrons. The molecule has 0 atom stereocenters. The molecule has 0 aromatic carbocycles. The summed E-state index contributed by atoms with van der Waals surface area (Å²) in [5.74, 6) is 0. The number of hydrogen-bond acceptors (Lipinski definition) is 3. The topological polar surface area (TPSA) is 72.2 Å². The van der Waals surface area contributed by atoms with Crippen molar-refractivity contribution >= 4 is 27.2 Å². The maximum atomic E-state index is 11.2. The first-order chi connectivity index (χ1) is 5.86. The Morgan fingerprint density at radius 3 is 2.46 bits per heavy atom. The summed E-state index contributed by atoms with van der Waals surface area (Å²) in [4.78, 5) is 0.420. The van der Waals surface area contributed by atoms with Crippen molar-refractivity contribution in [2.75, 3.05) is 6.54 Å². The van der Waals surface area contributed by atoms with Crippen molar-refractivity contribution in [2.45, 2.75) is 31.9 Å². The number of hydrogen-bond donors (Lipinski definition) is 2. The molecule has 0 aliphatic carbocycles. The highest BCUT2D eigenvalue weighted by Crippen LogP contribution is 1.96. The number of nitrogens with two attached hydrogens (primary N) is 1. The smallest absolute Gasteiger partial charge is 0.213 e. The molecule has 4 nitrogen and oxygen atoms in total. The first kappa shape index (κ1) is 12.8. The van der Waals surface area contributed by atoms with E-state index in [9.17, 15) is 8.42 Å². The van der Waals surface area contributed by atoms with Crippen LogP contribution in [0.2, 0.25) is 0 Å². The fraction of sp³-hybridized carbons (Fsp3) is 0.857. The van der Waals surface area contributed by atoms with Crippen LogP contribution in [0.1, 0.15) is 26.7 Å². The van der Waals surface area contributed by atoms with Crippen molar-refractivity contribution in [1.29, 1.82) is 0 Å². The summed E-state index contributed by atoms with van der Waals surface area (Å²) in [5.41, 5.74) is 5.26. The van der Waals surface area contributed by atoms with E-state index >= 15 is 0 Å². The predicted molar refractivity (Wildman–Crippen MR) is 58.1 cm³/mol. The van der Waals surface area contributed by atoms with E-state index < -0.39 is 15.3 Å². The molecule has 0 aliphatic heterocycles. The normalized spacial score (nSPS) is 11.9. The Morgan fingerprint density at radius 2 is 2.08 bits per heavy atom.